The highest BCUT2D eigenvalue weighted by molar-refractivity contribution is 5.78. The van der Waals surface area contributed by atoms with Crippen molar-refractivity contribution in [3.63, 3.8) is 0 Å². The van der Waals surface area contributed by atoms with Gasteiger partial charge in [-0.3, -0.25) is 9.69 Å². The Balaban J connectivity index is 2.23. The number of carbonyl (C=O) groups excluding carboxylic acids is 1. The van der Waals surface area contributed by atoms with Crippen molar-refractivity contribution >= 4 is 5.91 Å². The van der Waals surface area contributed by atoms with Crippen molar-refractivity contribution in [3.05, 3.63) is 0 Å². The highest BCUT2D eigenvalue weighted by atomic mass is 16.2. The van der Waals surface area contributed by atoms with E-state index in [4.69, 9.17) is 5.26 Å². The van der Waals surface area contributed by atoms with Gasteiger partial charge in [0.2, 0.25) is 5.91 Å². The summed E-state index contributed by atoms with van der Waals surface area (Å²) in [5.74, 6) is 0.227. The maximum absolute atomic E-state index is 11.7. The first kappa shape index (κ1) is 15.0. The van der Waals surface area contributed by atoms with Crippen molar-refractivity contribution < 1.29 is 4.79 Å². The largest absolute Gasteiger partial charge is 0.345 e. The Morgan fingerprint density at radius 1 is 1.33 bits per heavy atom. The molecule has 4 nitrogen and oxygen atoms in total. The molecule has 18 heavy (non-hydrogen) atoms. The summed E-state index contributed by atoms with van der Waals surface area (Å²) >= 11 is 0. The lowest BCUT2D eigenvalue weighted by atomic mass is 9.89. The summed E-state index contributed by atoms with van der Waals surface area (Å²) in [6.45, 7) is 7.38. The number of nitriles is 1. The molecule has 0 spiro atoms. The van der Waals surface area contributed by atoms with Crippen LogP contribution in [0, 0.1) is 16.7 Å². The molecule has 0 radical (unpaired) electrons. The van der Waals surface area contributed by atoms with Gasteiger partial charge in [0, 0.05) is 20.1 Å². The van der Waals surface area contributed by atoms with Crippen LogP contribution in [0.25, 0.3) is 0 Å². The van der Waals surface area contributed by atoms with E-state index in [0.29, 0.717) is 6.54 Å². The van der Waals surface area contributed by atoms with Gasteiger partial charge in [0.25, 0.3) is 0 Å². The number of hydrogen-bond donors (Lipinski definition) is 0. The van der Waals surface area contributed by atoms with Crippen molar-refractivity contribution in [3.8, 4) is 6.07 Å². The van der Waals surface area contributed by atoms with Crippen LogP contribution < -0.4 is 0 Å². The number of hydrogen-bond acceptors (Lipinski definition) is 3. The van der Waals surface area contributed by atoms with Gasteiger partial charge in [-0.05, 0) is 39.7 Å². The molecule has 1 saturated heterocycles. The Hall–Kier alpha value is -1.08. The molecule has 1 aliphatic heterocycles. The first-order valence-corrected chi connectivity index (χ1v) is 6.82. The van der Waals surface area contributed by atoms with E-state index in [2.05, 4.69) is 11.0 Å². The summed E-state index contributed by atoms with van der Waals surface area (Å²) in [4.78, 5) is 15.8. The molecule has 1 rings (SSSR count). The molecule has 0 saturated carbocycles. The van der Waals surface area contributed by atoms with Gasteiger partial charge in [-0.15, -0.1) is 0 Å². The highest BCUT2D eigenvalue weighted by Crippen LogP contribution is 2.21. The van der Waals surface area contributed by atoms with Crippen molar-refractivity contribution in [2.75, 3.05) is 33.2 Å². The molecule has 0 aliphatic carbocycles. The van der Waals surface area contributed by atoms with Gasteiger partial charge in [0.05, 0.1) is 18.0 Å². The van der Waals surface area contributed by atoms with Crippen LogP contribution in [0.2, 0.25) is 0 Å². The lowest BCUT2D eigenvalue weighted by molar-refractivity contribution is -0.129. The van der Waals surface area contributed by atoms with Gasteiger partial charge in [-0.25, -0.2) is 0 Å². The SMILES string of the molecule is CN1CCCN(CCCCC(C)(C)C#N)CC1=O. The average molecular weight is 251 g/mol. The number of likely N-dealkylation sites (N-methyl/N-ethyl adjacent to an activating group) is 1. The zero-order valence-corrected chi connectivity index (χ0v) is 11.9. The number of rotatable bonds is 5. The third-order valence-electron chi connectivity index (χ3n) is 3.58. The fourth-order valence-electron chi connectivity index (χ4n) is 2.20. The fraction of sp³-hybridized carbons (Fsp3) is 0.857. The van der Waals surface area contributed by atoms with Crippen LogP contribution in [-0.2, 0) is 4.79 Å². The molecular formula is C14H25N3O. The minimum absolute atomic E-state index is 0.213. The first-order valence-electron chi connectivity index (χ1n) is 6.82. The minimum Gasteiger partial charge on any atom is -0.345 e. The third kappa shape index (κ3) is 5.05. The molecule has 0 aromatic carbocycles. The lowest BCUT2D eigenvalue weighted by Crippen LogP contribution is -2.34. The number of carbonyl (C=O) groups is 1. The molecule has 0 atom stereocenters. The maximum Gasteiger partial charge on any atom is 0.236 e. The molecule has 1 heterocycles. The Bertz CT molecular complexity index is 319. The van der Waals surface area contributed by atoms with E-state index in [1.807, 2.05) is 25.8 Å². The van der Waals surface area contributed by atoms with Crippen molar-refractivity contribution in [1.29, 1.82) is 5.26 Å². The van der Waals surface area contributed by atoms with Crippen LogP contribution in [0.1, 0.15) is 39.5 Å². The van der Waals surface area contributed by atoms with E-state index in [1.165, 1.54) is 0 Å². The van der Waals surface area contributed by atoms with E-state index in [1.54, 1.807) is 0 Å². The zero-order valence-electron chi connectivity index (χ0n) is 11.9. The van der Waals surface area contributed by atoms with Crippen LogP contribution in [0.15, 0.2) is 0 Å². The van der Waals surface area contributed by atoms with Gasteiger partial charge in [-0.2, -0.15) is 5.26 Å². The molecule has 1 amide bonds. The summed E-state index contributed by atoms with van der Waals surface area (Å²) in [7, 11) is 1.88. The van der Waals surface area contributed by atoms with E-state index in [-0.39, 0.29) is 11.3 Å². The van der Waals surface area contributed by atoms with Gasteiger partial charge in [-0.1, -0.05) is 6.42 Å². The summed E-state index contributed by atoms with van der Waals surface area (Å²) < 4.78 is 0. The number of nitrogens with zero attached hydrogens (tertiary/aromatic N) is 3. The molecule has 1 fully saturated rings. The second-order valence-corrected chi connectivity index (χ2v) is 5.90. The molecule has 0 bridgehead atoms. The lowest BCUT2D eigenvalue weighted by Gasteiger charge is -2.20. The molecule has 0 N–H and O–H groups in total. The molecule has 4 heteroatoms. The molecule has 0 aromatic heterocycles. The van der Waals surface area contributed by atoms with Crippen LogP contribution in [0.4, 0.5) is 0 Å². The topological polar surface area (TPSA) is 47.3 Å². The van der Waals surface area contributed by atoms with E-state index in [0.717, 1.165) is 45.3 Å². The van der Waals surface area contributed by atoms with Gasteiger partial charge in [0.15, 0.2) is 0 Å². The standard InChI is InChI=1S/C14H25N3O/c1-14(2,12-15)7-4-5-9-17-10-6-8-16(3)13(18)11-17/h4-11H2,1-3H3. The van der Waals surface area contributed by atoms with Crippen LogP contribution in [-0.4, -0.2) is 48.9 Å². The third-order valence-corrected chi connectivity index (χ3v) is 3.58. The predicted molar refractivity (Wildman–Crippen MR) is 71.9 cm³/mol. The highest BCUT2D eigenvalue weighted by Gasteiger charge is 2.19. The normalized spacial score (nSPS) is 18.6. The van der Waals surface area contributed by atoms with E-state index >= 15 is 0 Å². The van der Waals surface area contributed by atoms with Crippen LogP contribution in [0.3, 0.4) is 0 Å². The summed E-state index contributed by atoms with van der Waals surface area (Å²) in [6.07, 6.45) is 4.13. The maximum atomic E-state index is 11.7. The quantitative estimate of drug-likeness (QED) is 0.701. The predicted octanol–water partition coefficient (Wildman–Crippen LogP) is 1.87. The van der Waals surface area contributed by atoms with Gasteiger partial charge < -0.3 is 4.90 Å². The second kappa shape index (κ2) is 6.75. The van der Waals surface area contributed by atoms with Crippen molar-refractivity contribution in [2.45, 2.75) is 39.5 Å². The average Bonchev–Trinajstić information content (AvgIpc) is 2.48. The summed E-state index contributed by atoms with van der Waals surface area (Å²) in [5, 5.41) is 8.93. The van der Waals surface area contributed by atoms with E-state index in [9.17, 15) is 4.79 Å². The van der Waals surface area contributed by atoms with E-state index < -0.39 is 0 Å². The molecule has 0 unspecified atom stereocenters. The van der Waals surface area contributed by atoms with Crippen LogP contribution >= 0.6 is 0 Å². The first-order chi connectivity index (χ1) is 8.44. The smallest absolute Gasteiger partial charge is 0.236 e. The number of unbranched alkanes of at least 4 members (excludes halogenated alkanes) is 1. The zero-order chi connectivity index (χ0) is 13.6. The Morgan fingerprint density at radius 2 is 2.06 bits per heavy atom. The fourth-order valence-corrected chi connectivity index (χ4v) is 2.20. The van der Waals surface area contributed by atoms with Gasteiger partial charge in [0.1, 0.15) is 0 Å². The van der Waals surface area contributed by atoms with Crippen molar-refractivity contribution in [2.24, 2.45) is 5.41 Å². The Labute approximate surface area is 111 Å². The monoisotopic (exact) mass is 251 g/mol. The van der Waals surface area contributed by atoms with Crippen molar-refractivity contribution in [1.82, 2.24) is 9.80 Å². The van der Waals surface area contributed by atoms with Crippen LogP contribution in [0.5, 0.6) is 0 Å². The second-order valence-electron chi connectivity index (χ2n) is 5.90. The molecule has 0 aromatic rings. The minimum atomic E-state index is -0.213. The molecule has 1 aliphatic rings. The molecular weight excluding hydrogens is 226 g/mol. The Kier molecular flexibility index (Phi) is 5.61. The van der Waals surface area contributed by atoms with Gasteiger partial charge >= 0.3 is 0 Å². The molecule has 102 valence electrons. The Morgan fingerprint density at radius 3 is 2.72 bits per heavy atom. The number of amides is 1. The summed E-state index contributed by atoms with van der Waals surface area (Å²) in [6, 6.07) is 2.33. The summed E-state index contributed by atoms with van der Waals surface area (Å²) in [5.41, 5.74) is -0.213.